The lowest BCUT2D eigenvalue weighted by atomic mass is 9.97. The summed E-state index contributed by atoms with van der Waals surface area (Å²) < 4.78 is 11.5. The molecule has 2 N–H and O–H groups in total. The molecule has 57 heavy (non-hydrogen) atoms. The summed E-state index contributed by atoms with van der Waals surface area (Å²) in [7, 11) is 0. The van der Waals surface area contributed by atoms with Crippen LogP contribution in [0.2, 0.25) is 0 Å². The fraction of sp³-hybridized carbons (Fsp3) is 0.0784. The van der Waals surface area contributed by atoms with E-state index in [1.54, 1.807) is 0 Å². The van der Waals surface area contributed by atoms with E-state index in [4.69, 9.17) is 9.41 Å². The van der Waals surface area contributed by atoms with Crippen molar-refractivity contribution in [1.82, 2.24) is 15.2 Å². The second-order valence-electron chi connectivity index (χ2n) is 15.0. The average molecular weight is 753 g/mol. The molecule has 0 saturated carbocycles. The third-order valence-electron chi connectivity index (χ3n) is 11.7. The van der Waals surface area contributed by atoms with Crippen LogP contribution in [0.15, 0.2) is 185 Å². The van der Waals surface area contributed by atoms with Gasteiger partial charge in [-0.15, -0.1) is 11.3 Å². The molecule has 0 bridgehead atoms. The highest BCUT2D eigenvalue weighted by atomic mass is 32.1. The number of hydrogen-bond acceptors (Lipinski definition) is 5. The summed E-state index contributed by atoms with van der Waals surface area (Å²) in [6.07, 6.45) is 8.68. The maximum absolute atomic E-state index is 6.56. The number of hydrogen-bond donors (Lipinski definition) is 2. The Kier molecular flexibility index (Phi) is 7.37. The van der Waals surface area contributed by atoms with Gasteiger partial charge in [0, 0.05) is 41.9 Å². The fourth-order valence-electron chi connectivity index (χ4n) is 9.09. The molecule has 12 rings (SSSR count). The second-order valence-corrected chi connectivity index (χ2v) is 16.1. The maximum Gasteiger partial charge on any atom is 0.137 e. The molecular formula is C51H36N4OS. The Morgan fingerprint density at radius 2 is 1.42 bits per heavy atom. The van der Waals surface area contributed by atoms with Crippen LogP contribution in [-0.4, -0.2) is 16.6 Å². The van der Waals surface area contributed by atoms with E-state index in [-0.39, 0.29) is 12.3 Å². The Balaban J connectivity index is 0.977. The van der Waals surface area contributed by atoms with E-state index in [1.165, 1.54) is 64.2 Å². The summed E-state index contributed by atoms with van der Waals surface area (Å²) in [5.74, 6) is 0.909. The van der Waals surface area contributed by atoms with Crippen molar-refractivity contribution < 1.29 is 4.42 Å². The number of thiophene rings is 1. The first-order chi connectivity index (χ1) is 28.2. The average Bonchev–Trinajstić information content (AvgIpc) is 3.96. The van der Waals surface area contributed by atoms with E-state index < -0.39 is 0 Å². The van der Waals surface area contributed by atoms with Crippen LogP contribution in [0.25, 0.3) is 80.7 Å². The molecular weight excluding hydrogens is 717 g/mol. The van der Waals surface area contributed by atoms with Crippen LogP contribution in [0.4, 0.5) is 0 Å². The summed E-state index contributed by atoms with van der Waals surface area (Å²) in [6.45, 7) is 0. The molecule has 2 aliphatic rings. The molecule has 1 aliphatic heterocycles. The van der Waals surface area contributed by atoms with Gasteiger partial charge in [-0.05, 0) is 83.6 Å². The van der Waals surface area contributed by atoms with Gasteiger partial charge in [0.05, 0.1) is 22.1 Å². The van der Waals surface area contributed by atoms with Gasteiger partial charge in [0.25, 0.3) is 0 Å². The van der Waals surface area contributed by atoms with E-state index in [1.807, 2.05) is 11.3 Å². The summed E-state index contributed by atoms with van der Waals surface area (Å²) in [5, 5.41) is 14.8. The van der Waals surface area contributed by atoms with Gasteiger partial charge in [-0.2, -0.15) is 0 Å². The van der Waals surface area contributed by atoms with Crippen molar-refractivity contribution in [1.29, 1.82) is 0 Å². The summed E-state index contributed by atoms with van der Waals surface area (Å²) >= 11 is 1.86. The van der Waals surface area contributed by atoms with Crippen molar-refractivity contribution in [3.63, 3.8) is 0 Å². The number of para-hydroxylation sites is 2. The number of amidine groups is 1. The van der Waals surface area contributed by atoms with Crippen molar-refractivity contribution in [2.24, 2.45) is 4.99 Å². The van der Waals surface area contributed by atoms with Crippen molar-refractivity contribution in [3.05, 3.63) is 187 Å². The molecule has 3 aromatic heterocycles. The maximum atomic E-state index is 6.56. The second kappa shape index (κ2) is 12.9. The highest BCUT2D eigenvalue weighted by molar-refractivity contribution is 7.26. The third kappa shape index (κ3) is 5.22. The van der Waals surface area contributed by atoms with Gasteiger partial charge in [0.15, 0.2) is 0 Å². The molecule has 10 aromatic rings. The molecule has 272 valence electrons. The predicted octanol–water partition coefficient (Wildman–Crippen LogP) is 13.0. The number of nitrogens with zero attached hydrogens (tertiary/aromatic N) is 2. The molecule has 2 unspecified atom stereocenters. The highest BCUT2D eigenvalue weighted by Crippen LogP contribution is 2.44. The van der Waals surface area contributed by atoms with E-state index in [0.717, 1.165) is 51.9 Å². The van der Waals surface area contributed by atoms with Gasteiger partial charge < -0.3 is 14.3 Å². The van der Waals surface area contributed by atoms with Gasteiger partial charge in [-0.3, -0.25) is 5.32 Å². The zero-order valence-corrected chi connectivity index (χ0v) is 31.8. The van der Waals surface area contributed by atoms with Crippen LogP contribution in [-0.2, 0) is 0 Å². The Morgan fingerprint density at radius 1 is 0.614 bits per heavy atom. The van der Waals surface area contributed by atoms with E-state index in [0.29, 0.717) is 0 Å². The summed E-state index contributed by atoms with van der Waals surface area (Å²) in [4.78, 5) is 5.15. The highest BCUT2D eigenvalue weighted by Gasteiger charge is 2.27. The lowest BCUT2D eigenvalue weighted by molar-refractivity contribution is 0.434. The van der Waals surface area contributed by atoms with Crippen LogP contribution >= 0.6 is 11.3 Å². The molecule has 0 amide bonds. The smallest absolute Gasteiger partial charge is 0.137 e. The molecule has 2 atom stereocenters. The Hall–Kier alpha value is -6.73. The minimum atomic E-state index is -0.128. The minimum Gasteiger partial charge on any atom is -0.456 e. The monoisotopic (exact) mass is 752 g/mol. The van der Waals surface area contributed by atoms with Gasteiger partial charge >= 0.3 is 0 Å². The number of aliphatic imine (C=N–C) groups is 1. The molecule has 7 aromatic carbocycles. The molecule has 0 spiro atoms. The molecule has 6 heteroatoms. The summed E-state index contributed by atoms with van der Waals surface area (Å²) in [5.41, 5.74) is 11.2. The SMILES string of the molecule is C1=CC(C2N=C(c3ccccc3)NC(c3ccc4c(c3)sc3cccc(-c5ccc6oc7cccc(-n8c9ccccc9c9ccccc98)c7c6c5)c34)N2)=CCC1. The lowest BCUT2D eigenvalue weighted by Crippen LogP contribution is -2.49. The lowest BCUT2D eigenvalue weighted by Gasteiger charge is -2.33. The Morgan fingerprint density at radius 3 is 2.25 bits per heavy atom. The number of furan rings is 1. The molecule has 5 nitrogen and oxygen atoms in total. The number of rotatable bonds is 5. The topological polar surface area (TPSA) is 54.5 Å². The first-order valence-corrected chi connectivity index (χ1v) is 20.5. The van der Waals surface area contributed by atoms with Crippen LogP contribution < -0.4 is 10.6 Å². The Bertz CT molecular complexity index is 3270. The first-order valence-electron chi connectivity index (χ1n) is 19.7. The third-order valence-corrected chi connectivity index (χ3v) is 12.8. The van der Waals surface area contributed by atoms with Crippen molar-refractivity contribution in [2.45, 2.75) is 25.2 Å². The number of aromatic nitrogens is 1. The van der Waals surface area contributed by atoms with Gasteiger partial charge in [-0.25, -0.2) is 4.99 Å². The number of benzene rings is 7. The van der Waals surface area contributed by atoms with Crippen LogP contribution in [0, 0.1) is 0 Å². The van der Waals surface area contributed by atoms with Crippen LogP contribution in [0.3, 0.4) is 0 Å². The van der Waals surface area contributed by atoms with E-state index in [9.17, 15) is 0 Å². The van der Waals surface area contributed by atoms with Crippen LogP contribution in [0.5, 0.6) is 0 Å². The zero-order valence-electron chi connectivity index (χ0n) is 30.9. The fourth-order valence-corrected chi connectivity index (χ4v) is 10.3. The van der Waals surface area contributed by atoms with Gasteiger partial charge in [0.1, 0.15) is 29.3 Å². The van der Waals surface area contributed by atoms with E-state index in [2.05, 4.69) is 185 Å². The molecule has 1 aliphatic carbocycles. The number of fused-ring (bicyclic) bond motifs is 9. The molecule has 0 radical (unpaired) electrons. The zero-order chi connectivity index (χ0) is 37.5. The van der Waals surface area contributed by atoms with Crippen LogP contribution in [0.1, 0.15) is 30.1 Å². The Labute approximate surface area is 332 Å². The first kappa shape index (κ1) is 32.5. The largest absolute Gasteiger partial charge is 0.456 e. The molecule has 0 fully saturated rings. The number of nitrogens with one attached hydrogen (secondary N) is 2. The predicted molar refractivity (Wildman–Crippen MR) is 239 cm³/mol. The van der Waals surface area contributed by atoms with Crippen molar-refractivity contribution >= 4 is 81.1 Å². The quantitative estimate of drug-likeness (QED) is 0.184. The standard InChI is InChI=1S/C51H36N4OS/c1-3-13-31(14-4-1)49-52-50(32-15-5-2-6-16-32)54-51(53-49)34-25-27-38-46(30-34)57-45-24-11-19-35(47(38)45)33-26-28-43-39(29-33)48-42(22-12-23-44(48)56-43)55-40-20-9-7-17-36(40)37-18-8-10-21-41(37)55/h1,3-5,7-30,50-51,54H,2,6H2,(H,52,53). The summed E-state index contributed by atoms with van der Waals surface area (Å²) in [6, 6.07) is 54.6. The van der Waals surface area contributed by atoms with E-state index >= 15 is 0 Å². The molecule has 0 saturated heterocycles. The molecule has 4 heterocycles. The van der Waals surface area contributed by atoms with Gasteiger partial charge in [0.2, 0.25) is 0 Å². The van der Waals surface area contributed by atoms with Crippen molar-refractivity contribution in [2.75, 3.05) is 0 Å². The van der Waals surface area contributed by atoms with Crippen molar-refractivity contribution in [3.8, 4) is 16.8 Å². The number of allylic oxidation sites excluding steroid dienone is 2. The minimum absolute atomic E-state index is 0.103. The van der Waals surface area contributed by atoms with Gasteiger partial charge in [-0.1, -0.05) is 121 Å². The normalized spacial score (nSPS) is 17.2.